The maximum Gasteiger partial charge on any atom is 0.303 e. The molecule has 0 spiro atoms. The zero-order chi connectivity index (χ0) is 52.3. The van der Waals surface area contributed by atoms with E-state index in [0.29, 0.717) is 24.6 Å². The Morgan fingerprint density at radius 3 is 1.80 bits per heavy atom. The highest BCUT2D eigenvalue weighted by Crippen LogP contribution is 2.52. The summed E-state index contributed by atoms with van der Waals surface area (Å²) in [6.45, 7) is 3.64. The minimum atomic E-state index is -5.14. The molecule has 69 heavy (non-hydrogen) atoms. The number of nitrogens with one attached hydrogen (secondary N) is 1. The molecule has 0 saturated heterocycles. The van der Waals surface area contributed by atoms with Crippen LogP contribution in [0.2, 0.25) is 0 Å². The van der Waals surface area contributed by atoms with Crippen molar-refractivity contribution in [2.45, 2.75) is 91.2 Å². The van der Waals surface area contributed by atoms with Gasteiger partial charge in [-0.15, -0.1) is 0 Å². The number of amides is 1. The number of hydrogen-bond donors (Lipinski definition) is 8. The van der Waals surface area contributed by atoms with E-state index in [2.05, 4.69) is 5.32 Å². The summed E-state index contributed by atoms with van der Waals surface area (Å²) in [6.07, 6.45) is 7.01. The van der Waals surface area contributed by atoms with Crippen LogP contribution in [0.3, 0.4) is 0 Å². The summed E-state index contributed by atoms with van der Waals surface area (Å²) >= 11 is 0. The molecule has 2 aromatic carbocycles. The van der Waals surface area contributed by atoms with Gasteiger partial charge in [0.15, 0.2) is 5.71 Å². The van der Waals surface area contributed by atoms with E-state index in [0.717, 1.165) is 18.2 Å². The monoisotopic (exact) mass is 1090 g/mol. The lowest BCUT2D eigenvalue weighted by atomic mass is 9.73. The van der Waals surface area contributed by atoms with Gasteiger partial charge in [0.2, 0.25) is 5.69 Å². The third kappa shape index (κ3) is 14.8. The van der Waals surface area contributed by atoms with Crippen molar-refractivity contribution in [1.82, 2.24) is 5.32 Å². The van der Waals surface area contributed by atoms with Gasteiger partial charge in [0.05, 0.1) is 38.7 Å². The fraction of sp³-hybridized carbons (Fsp3) is 0.462. The number of aliphatic carboxylic acids is 1. The van der Waals surface area contributed by atoms with Crippen LogP contribution in [0.5, 0.6) is 0 Å². The molecule has 2 aliphatic rings. The van der Waals surface area contributed by atoms with Gasteiger partial charge < -0.3 is 15.3 Å². The predicted molar refractivity (Wildman–Crippen MR) is 248 cm³/mol. The van der Waals surface area contributed by atoms with Gasteiger partial charge in [-0.25, -0.2) is 0 Å². The molecule has 0 saturated carbocycles. The van der Waals surface area contributed by atoms with E-state index in [4.69, 9.17) is 5.11 Å². The van der Waals surface area contributed by atoms with Gasteiger partial charge in [-0.3, -0.25) is 36.9 Å². The molecule has 0 bridgehead atoms. The molecular formula is C39H52N3O21S6+. The highest BCUT2D eigenvalue weighted by molar-refractivity contribution is 7.87. The van der Waals surface area contributed by atoms with Crippen LogP contribution < -0.4 is 10.2 Å². The largest absolute Gasteiger partial charge is 0.481 e. The number of fused-ring (bicyclic) bond motifs is 2. The van der Waals surface area contributed by atoms with Gasteiger partial charge in [0.1, 0.15) is 16.3 Å². The number of carboxylic acids is 1. The standard InChI is InChI=1S/C39H51N3O21S6/c1-38(2)32(41(17-9-5-8-14-34(43)44)30-24-27(68(58,59)60)25-31(36(30)38)69(61,62)63)12-6-4-7-13-33-39(3,15-10-19-64(46,47)48)35-28(37(45)40-16-21-66(52,53)54)22-26(67(55,56)57)23-29(35)42(33)18-11-20-65(49,50)51/h4,6-7,12-13,22-25H,5,8-11,14-21H2,1-3H3,(H7-,40,43,44,45,46,47,48,49,50,51,52,53,54,55,56,57,58,59,60,61,62,63)/p+1. The smallest absolute Gasteiger partial charge is 0.303 e. The lowest BCUT2D eigenvalue weighted by Crippen LogP contribution is -2.35. The molecule has 384 valence electrons. The van der Waals surface area contributed by atoms with Crippen molar-refractivity contribution in [3.8, 4) is 0 Å². The Balaban J connectivity index is 1.96. The third-order valence-corrected chi connectivity index (χ3v) is 16.2. The van der Waals surface area contributed by atoms with Gasteiger partial charge in [0.25, 0.3) is 66.6 Å². The molecule has 30 heteroatoms. The van der Waals surface area contributed by atoms with E-state index in [1.54, 1.807) is 13.8 Å². The minimum absolute atomic E-state index is 0.0151. The van der Waals surface area contributed by atoms with Crippen molar-refractivity contribution in [3.05, 3.63) is 77.0 Å². The molecule has 2 aromatic rings. The van der Waals surface area contributed by atoms with Crippen LogP contribution in [0.1, 0.15) is 87.2 Å². The van der Waals surface area contributed by atoms with Gasteiger partial charge in [-0.05, 0) is 56.9 Å². The molecule has 1 amide bonds. The summed E-state index contributed by atoms with van der Waals surface area (Å²) in [7, 11) is -29.1. The molecule has 24 nitrogen and oxygen atoms in total. The first-order chi connectivity index (χ1) is 31.4. The number of unbranched alkanes of at least 4 members (excludes halogenated alkanes) is 2. The molecule has 2 aliphatic heterocycles. The molecule has 0 radical (unpaired) electrons. The zero-order valence-corrected chi connectivity index (χ0v) is 42.0. The first-order valence-corrected chi connectivity index (χ1v) is 29.7. The summed E-state index contributed by atoms with van der Waals surface area (Å²) in [5.41, 5.74) is -3.15. The lowest BCUT2D eigenvalue weighted by Gasteiger charge is -2.27. The Kier molecular flexibility index (Phi) is 17.5. The SMILES string of the molecule is CC1(CCCS(=O)(=O)O)C(/C=C/C=C/C=C2/N(CCCCCC(=O)O)c3cc(S(=O)(=O)O)cc(S(=O)(=O)O)c3C2(C)C)=[N+](CCCS(=O)(=O)O)c2cc(S(=O)(=O)O)cc(C(=O)NCCS(=O)(=O)O)c21. The Labute approximate surface area is 400 Å². The second kappa shape index (κ2) is 21.1. The highest BCUT2D eigenvalue weighted by Gasteiger charge is 2.51. The van der Waals surface area contributed by atoms with Crippen molar-refractivity contribution in [2.24, 2.45) is 0 Å². The number of carbonyl (C=O) groups excluding carboxylic acids is 1. The maximum absolute atomic E-state index is 13.8. The van der Waals surface area contributed by atoms with Crippen LogP contribution in [0.4, 0.5) is 11.4 Å². The number of carboxylic acid groups (broad SMARTS) is 1. The van der Waals surface area contributed by atoms with Crippen LogP contribution in [0.15, 0.2) is 75.0 Å². The van der Waals surface area contributed by atoms with Crippen molar-refractivity contribution >= 4 is 89.7 Å². The van der Waals surface area contributed by atoms with Gasteiger partial charge in [-0.2, -0.15) is 55.1 Å². The number of benzene rings is 2. The van der Waals surface area contributed by atoms with Gasteiger partial charge in [-0.1, -0.05) is 38.5 Å². The summed E-state index contributed by atoms with van der Waals surface area (Å²) in [6, 6.07) is 3.34. The molecule has 8 N–H and O–H groups in total. The predicted octanol–water partition coefficient (Wildman–Crippen LogP) is 2.79. The molecule has 0 aliphatic carbocycles. The van der Waals surface area contributed by atoms with Crippen LogP contribution >= 0.6 is 0 Å². The summed E-state index contributed by atoms with van der Waals surface area (Å²) in [5.74, 6) is -4.79. The number of hydrogen-bond acceptors (Lipinski definition) is 15. The van der Waals surface area contributed by atoms with E-state index in [-0.39, 0.29) is 73.4 Å². The highest BCUT2D eigenvalue weighted by atomic mass is 32.2. The fourth-order valence-corrected chi connectivity index (χ4v) is 11.8. The van der Waals surface area contributed by atoms with Gasteiger partial charge in [0, 0.05) is 60.4 Å². The Morgan fingerprint density at radius 1 is 0.667 bits per heavy atom. The number of nitrogens with zero attached hydrogens (tertiary/aromatic N) is 2. The average Bonchev–Trinajstić information content (AvgIpc) is 3.53. The molecule has 0 fully saturated rings. The Hall–Kier alpha value is -4.47. The van der Waals surface area contributed by atoms with Crippen molar-refractivity contribution < 1.29 is 97.1 Å². The van der Waals surface area contributed by atoms with E-state index < -0.39 is 127 Å². The Bertz CT molecular complexity index is 3210. The average molecular weight is 1090 g/mol. The third-order valence-electron chi connectivity index (χ3n) is 11.3. The second-order valence-electron chi connectivity index (χ2n) is 16.8. The summed E-state index contributed by atoms with van der Waals surface area (Å²) in [5, 5.41) is 11.3. The Morgan fingerprint density at radius 2 is 1.25 bits per heavy atom. The van der Waals surface area contributed by atoms with E-state index >= 15 is 0 Å². The first-order valence-electron chi connectivity index (χ1n) is 20.5. The van der Waals surface area contributed by atoms with Crippen LogP contribution in [-0.2, 0) is 76.3 Å². The van der Waals surface area contributed by atoms with Crippen molar-refractivity contribution in [3.63, 3.8) is 0 Å². The second-order valence-corrected chi connectivity index (χ2v) is 25.8. The lowest BCUT2D eigenvalue weighted by molar-refractivity contribution is -0.437. The number of carbonyl (C=O) groups is 2. The van der Waals surface area contributed by atoms with E-state index in [1.807, 2.05) is 0 Å². The topological polar surface area (TPSA) is 399 Å². The zero-order valence-electron chi connectivity index (χ0n) is 37.1. The number of rotatable bonds is 24. The normalized spacial score (nSPS) is 18.4. The van der Waals surface area contributed by atoms with Crippen molar-refractivity contribution in [2.75, 3.05) is 41.8 Å². The van der Waals surface area contributed by atoms with Crippen LogP contribution in [0.25, 0.3) is 0 Å². The maximum atomic E-state index is 13.8. The van der Waals surface area contributed by atoms with E-state index in [1.165, 1.54) is 46.8 Å². The molecular weight excluding hydrogens is 1040 g/mol. The van der Waals surface area contributed by atoms with Gasteiger partial charge >= 0.3 is 5.97 Å². The van der Waals surface area contributed by atoms with Crippen molar-refractivity contribution in [1.29, 1.82) is 0 Å². The molecule has 2 heterocycles. The van der Waals surface area contributed by atoms with Crippen LogP contribution in [0, 0.1) is 0 Å². The van der Waals surface area contributed by atoms with E-state index in [9.17, 15) is 87.4 Å². The van der Waals surface area contributed by atoms with Crippen LogP contribution in [-0.4, -0.2) is 142 Å². The molecule has 1 unspecified atom stereocenters. The fourth-order valence-electron chi connectivity index (χ4n) is 8.43. The first kappa shape index (κ1) is 57.1. The number of anilines is 1. The summed E-state index contributed by atoms with van der Waals surface area (Å²) < 4.78 is 206. The summed E-state index contributed by atoms with van der Waals surface area (Å²) in [4.78, 5) is 24.0. The molecule has 0 aromatic heterocycles. The molecule has 4 rings (SSSR count). The quantitative estimate of drug-likeness (QED) is 0.0324. The molecule has 1 atom stereocenters. The number of allylic oxidation sites excluding steroid dienone is 6. The minimum Gasteiger partial charge on any atom is -0.481 e.